The average molecular weight is 554 g/mol. The van der Waals surface area contributed by atoms with Gasteiger partial charge in [0.15, 0.2) is 0 Å². The summed E-state index contributed by atoms with van der Waals surface area (Å²) in [4.78, 5) is 15.9. The Morgan fingerprint density at radius 2 is 1.60 bits per heavy atom. The first-order chi connectivity index (χ1) is 19.1. The Labute approximate surface area is 230 Å². The molecule has 2 aliphatic rings. The van der Waals surface area contributed by atoms with Crippen molar-refractivity contribution in [2.45, 2.75) is 25.3 Å². The normalized spacial score (nSPS) is 16.9. The molecule has 1 saturated heterocycles. The zero-order chi connectivity index (χ0) is 28.3. The molecule has 0 atom stereocenters. The Morgan fingerprint density at radius 1 is 0.950 bits per heavy atom. The average Bonchev–Trinajstić information content (AvgIpc) is 3.39. The van der Waals surface area contributed by atoms with Gasteiger partial charge in [0.2, 0.25) is 0 Å². The summed E-state index contributed by atoms with van der Waals surface area (Å²) in [6, 6.07) is 17.9. The minimum atomic E-state index is -4.33. The number of hydrogen-bond acceptors (Lipinski definition) is 7. The van der Waals surface area contributed by atoms with E-state index >= 15 is 0 Å². The molecule has 0 bridgehead atoms. The highest BCUT2D eigenvalue weighted by molar-refractivity contribution is 5.76. The van der Waals surface area contributed by atoms with Gasteiger partial charge in [0, 0.05) is 50.8 Å². The summed E-state index contributed by atoms with van der Waals surface area (Å²) in [7, 11) is 0. The third-order valence-electron chi connectivity index (χ3n) is 7.18. The Kier molecular flexibility index (Phi) is 7.57. The molecule has 0 unspecified atom stereocenters. The highest BCUT2D eigenvalue weighted by Crippen LogP contribution is 2.35. The first-order valence-corrected chi connectivity index (χ1v) is 13.0. The van der Waals surface area contributed by atoms with E-state index in [0.29, 0.717) is 17.9 Å². The van der Waals surface area contributed by atoms with Gasteiger partial charge in [-0.3, -0.25) is 15.0 Å². The number of benzene rings is 3. The smallest absolute Gasteiger partial charge is 0.416 e. The van der Waals surface area contributed by atoms with Crippen LogP contribution in [0.3, 0.4) is 0 Å². The van der Waals surface area contributed by atoms with Gasteiger partial charge in [-0.1, -0.05) is 24.3 Å². The molecule has 0 aliphatic carbocycles. The minimum Gasteiger partial charge on any atom is -0.489 e. The summed E-state index contributed by atoms with van der Waals surface area (Å²) in [5, 5.41) is 18.1. The standard InChI is InChI=1S/C29H30F3N5O3/c1-28(33-12-13-34-28)20-40-25-10-11-26(27(18-25)37(38)39)22-4-8-24(9-5-22)36-16-14-35(15-17-36)19-21-2-6-23(7-3-21)29(30,31)32/h2-13,18,33-34H,14-17,19-20H2,1H3. The van der Waals surface area contributed by atoms with E-state index in [9.17, 15) is 23.3 Å². The first-order valence-electron chi connectivity index (χ1n) is 13.0. The number of nitrogens with zero attached hydrogens (tertiary/aromatic N) is 3. The summed E-state index contributed by atoms with van der Waals surface area (Å²) in [5.41, 5.74) is 1.96. The van der Waals surface area contributed by atoms with Crippen molar-refractivity contribution in [2.24, 2.45) is 0 Å². The van der Waals surface area contributed by atoms with Crippen LogP contribution in [0.25, 0.3) is 11.1 Å². The van der Waals surface area contributed by atoms with Crippen molar-refractivity contribution >= 4 is 11.4 Å². The van der Waals surface area contributed by atoms with Crippen LogP contribution in [0.2, 0.25) is 0 Å². The molecule has 11 heteroatoms. The maximum absolute atomic E-state index is 12.8. The van der Waals surface area contributed by atoms with Crippen LogP contribution in [0.15, 0.2) is 79.1 Å². The molecule has 40 heavy (non-hydrogen) atoms. The van der Waals surface area contributed by atoms with E-state index in [2.05, 4.69) is 20.4 Å². The lowest BCUT2D eigenvalue weighted by molar-refractivity contribution is -0.384. The van der Waals surface area contributed by atoms with Gasteiger partial charge >= 0.3 is 6.18 Å². The quantitative estimate of drug-likeness (QED) is 0.287. The summed E-state index contributed by atoms with van der Waals surface area (Å²) >= 11 is 0. The molecule has 5 rings (SSSR count). The van der Waals surface area contributed by atoms with Crippen LogP contribution in [0, 0.1) is 10.1 Å². The molecule has 2 heterocycles. The Hall–Kier alpha value is -4.25. The van der Waals surface area contributed by atoms with Gasteiger partial charge in [-0.05, 0) is 54.4 Å². The summed E-state index contributed by atoms with van der Waals surface area (Å²) in [5.74, 6) is 0.415. The molecular formula is C29H30F3N5O3. The topological polar surface area (TPSA) is 82.9 Å². The van der Waals surface area contributed by atoms with Crippen molar-refractivity contribution in [3.05, 3.63) is 100 Å². The molecule has 2 aliphatic heterocycles. The van der Waals surface area contributed by atoms with Crippen molar-refractivity contribution in [3.63, 3.8) is 0 Å². The molecule has 3 aromatic rings. The van der Waals surface area contributed by atoms with E-state index in [1.807, 2.05) is 31.2 Å². The van der Waals surface area contributed by atoms with Crippen LogP contribution in [0.1, 0.15) is 18.1 Å². The molecule has 0 aromatic heterocycles. The molecular weight excluding hydrogens is 523 g/mol. The van der Waals surface area contributed by atoms with Crippen molar-refractivity contribution in [2.75, 3.05) is 37.7 Å². The first kappa shape index (κ1) is 27.3. The molecule has 0 saturated carbocycles. The van der Waals surface area contributed by atoms with Crippen LogP contribution in [-0.4, -0.2) is 48.3 Å². The molecule has 1 fully saturated rings. The molecule has 0 radical (unpaired) electrons. The molecule has 210 valence electrons. The molecule has 3 aromatic carbocycles. The van der Waals surface area contributed by atoms with E-state index in [0.717, 1.165) is 55.1 Å². The van der Waals surface area contributed by atoms with Gasteiger partial charge in [-0.25, -0.2) is 0 Å². The van der Waals surface area contributed by atoms with Gasteiger partial charge in [0.25, 0.3) is 5.69 Å². The lowest BCUT2D eigenvalue weighted by Gasteiger charge is -2.36. The van der Waals surface area contributed by atoms with Crippen molar-refractivity contribution in [1.82, 2.24) is 15.5 Å². The van der Waals surface area contributed by atoms with Crippen LogP contribution < -0.4 is 20.3 Å². The number of hydrogen-bond donors (Lipinski definition) is 2. The Bertz CT molecular complexity index is 1360. The van der Waals surface area contributed by atoms with Gasteiger partial charge in [0.1, 0.15) is 18.0 Å². The fourth-order valence-electron chi connectivity index (χ4n) is 4.87. The molecule has 8 nitrogen and oxygen atoms in total. The van der Waals surface area contributed by atoms with Crippen molar-refractivity contribution in [3.8, 4) is 16.9 Å². The van der Waals surface area contributed by atoms with Crippen LogP contribution in [0.4, 0.5) is 24.5 Å². The maximum Gasteiger partial charge on any atom is 0.416 e. The number of nitro groups is 1. The summed E-state index contributed by atoms with van der Waals surface area (Å²) < 4.78 is 44.2. The minimum absolute atomic E-state index is 0.0299. The lowest BCUT2D eigenvalue weighted by Crippen LogP contribution is -2.50. The molecule has 0 amide bonds. The lowest BCUT2D eigenvalue weighted by atomic mass is 10.0. The van der Waals surface area contributed by atoms with E-state index in [-0.39, 0.29) is 12.3 Å². The number of nitrogens with one attached hydrogen (secondary N) is 2. The number of rotatable bonds is 8. The Morgan fingerprint density at radius 3 is 2.20 bits per heavy atom. The predicted octanol–water partition coefficient (Wildman–Crippen LogP) is 5.36. The van der Waals surface area contributed by atoms with Crippen LogP contribution in [0.5, 0.6) is 5.75 Å². The van der Waals surface area contributed by atoms with Gasteiger partial charge in [-0.2, -0.15) is 13.2 Å². The molecule has 2 N–H and O–H groups in total. The highest BCUT2D eigenvalue weighted by Gasteiger charge is 2.30. The highest BCUT2D eigenvalue weighted by atomic mass is 19.4. The van der Waals surface area contributed by atoms with E-state index in [4.69, 9.17) is 4.74 Å². The second-order valence-electron chi connectivity index (χ2n) is 10.2. The number of halogens is 3. The van der Waals surface area contributed by atoms with E-state index < -0.39 is 22.3 Å². The molecule has 0 spiro atoms. The number of ether oxygens (including phenoxy) is 1. The van der Waals surface area contributed by atoms with Crippen LogP contribution >= 0.6 is 0 Å². The summed E-state index contributed by atoms with van der Waals surface area (Å²) in [6.07, 6.45) is -0.771. The zero-order valence-electron chi connectivity index (χ0n) is 21.9. The predicted molar refractivity (Wildman–Crippen MR) is 147 cm³/mol. The fraction of sp³-hybridized carbons (Fsp3) is 0.310. The second-order valence-corrected chi connectivity index (χ2v) is 10.2. The number of anilines is 1. The van der Waals surface area contributed by atoms with Crippen molar-refractivity contribution in [1.29, 1.82) is 0 Å². The van der Waals surface area contributed by atoms with Crippen molar-refractivity contribution < 1.29 is 22.8 Å². The van der Waals surface area contributed by atoms with Crippen LogP contribution in [-0.2, 0) is 12.7 Å². The number of piperazine rings is 1. The zero-order valence-corrected chi connectivity index (χ0v) is 21.9. The number of alkyl halides is 3. The fourth-order valence-corrected chi connectivity index (χ4v) is 4.87. The SMILES string of the molecule is CC1(COc2ccc(-c3ccc(N4CCN(Cc5ccc(C(F)(F)F)cc5)CC4)cc3)c([N+](=O)[O-])c2)NC=CN1. The maximum atomic E-state index is 12.8. The largest absolute Gasteiger partial charge is 0.489 e. The van der Waals surface area contributed by atoms with Gasteiger partial charge < -0.3 is 20.3 Å². The van der Waals surface area contributed by atoms with E-state index in [1.54, 1.807) is 24.5 Å². The third-order valence-corrected chi connectivity index (χ3v) is 7.18. The Balaban J connectivity index is 1.19. The van der Waals surface area contributed by atoms with E-state index in [1.165, 1.54) is 18.2 Å². The van der Waals surface area contributed by atoms with Gasteiger partial charge in [-0.15, -0.1) is 0 Å². The van der Waals surface area contributed by atoms with Gasteiger partial charge in [0.05, 0.1) is 22.1 Å². The second kappa shape index (κ2) is 11.1. The third kappa shape index (κ3) is 6.31. The monoisotopic (exact) mass is 553 g/mol. The summed E-state index contributed by atoms with van der Waals surface area (Å²) in [6.45, 7) is 5.89. The number of nitro benzene ring substituents is 1.